The van der Waals surface area contributed by atoms with Gasteiger partial charge in [0, 0.05) is 19.2 Å². The van der Waals surface area contributed by atoms with Crippen LogP contribution in [0.15, 0.2) is 115 Å². The van der Waals surface area contributed by atoms with Crippen molar-refractivity contribution in [3.63, 3.8) is 0 Å². The van der Waals surface area contributed by atoms with E-state index in [0.717, 1.165) is 0 Å². The molecule has 0 aromatic heterocycles. The molecule has 0 aliphatic rings. The summed E-state index contributed by atoms with van der Waals surface area (Å²) in [5.41, 5.74) is 2.39. The van der Waals surface area contributed by atoms with Gasteiger partial charge >= 0.3 is 5.97 Å². The monoisotopic (exact) mass is 685 g/mol. The molecule has 260 valence electrons. The first-order chi connectivity index (χ1) is 22.6. The number of nitrogens with zero attached hydrogens (tertiary/aromatic N) is 1. The van der Waals surface area contributed by atoms with E-state index >= 15 is 0 Å². The zero-order valence-electron chi connectivity index (χ0n) is 31.1. The van der Waals surface area contributed by atoms with Gasteiger partial charge in [-0.2, -0.15) is 0 Å². The van der Waals surface area contributed by atoms with Gasteiger partial charge in [-0.1, -0.05) is 150 Å². The number of rotatable bonds is 16. The van der Waals surface area contributed by atoms with Crippen LogP contribution in [0.3, 0.4) is 0 Å². The van der Waals surface area contributed by atoms with Crippen LogP contribution in [0.5, 0.6) is 0 Å². The van der Waals surface area contributed by atoms with Crippen molar-refractivity contribution >= 4 is 33.0 Å². The van der Waals surface area contributed by atoms with E-state index in [1.165, 1.54) is 21.5 Å². The molecule has 0 aliphatic heterocycles. The van der Waals surface area contributed by atoms with E-state index < -0.39 is 16.6 Å². The molecule has 0 heterocycles. The molecule has 3 aromatic rings. The zero-order valence-corrected chi connectivity index (χ0v) is 33.1. The van der Waals surface area contributed by atoms with Gasteiger partial charge in [0.25, 0.3) is 8.32 Å². The van der Waals surface area contributed by atoms with E-state index in [9.17, 15) is 4.79 Å². The van der Waals surface area contributed by atoms with Gasteiger partial charge in [-0.15, -0.1) is 0 Å². The number of carbonyl (C=O) groups excluding carboxylic acids is 1. The number of esters is 1. The fourth-order valence-electron chi connectivity index (χ4n) is 5.61. The normalized spacial score (nSPS) is 14.0. The highest BCUT2D eigenvalue weighted by Crippen LogP contribution is 2.38. The summed E-state index contributed by atoms with van der Waals surface area (Å²) in [6, 6.07) is 31.7. The Hall–Kier alpha value is -3.08. The van der Waals surface area contributed by atoms with Crippen molar-refractivity contribution in [3.8, 4) is 0 Å². The van der Waals surface area contributed by atoms with Crippen LogP contribution in [-0.4, -0.2) is 59.9 Å². The molecule has 0 amide bonds. The molecule has 3 aromatic carbocycles. The van der Waals surface area contributed by atoms with Gasteiger partial charge in [0.1, 0.15) is 0 Å². The second-order valence-electron chi connectivity index (χ2n) is 15.2. The first kappa shape index (κ1) is 39.4. The van der Waals surface area contributed by atoms with Gasteiger partial charge in [0.15, 0.2) is 8.32 Å². The minimum absolute atomic E-state index is 0.147. The van der Waals surface area contributed by atoms with Crippen LogP contribution in [0.2, 0.25) is 23.2 Å². The standard InChI is InChI=1S/C41H59NO4Si2/c1-11-44-39(43)28-27-36(33-46-48(41(6,7)8,37-23-17-13-18-24-37)38-25-19-14-20-26-38)42(31-35-21-15-12-16-22-35)30-29-34(2)32-45-47(9,10)40(3,4)5/h12-29,36H,11,30-33H2,1-10H3/b28-27+,34-29+. The van der Waals surface area contributed by atoms with Crippen LogP contribution in [0, 0.1) is 0 Å². The molecule has 0 aliphatic carbocycles. The molecule has 5 nitrogen and oxygen atoms in total. The highest BCUT2D eigenvalue weighted by molar-refractivity contribution is 6.99. The first-order valence-electron chi connectivity index (χ1n) is 17.3. The number of hydrogen-bond donors (Lipinski definition) is 0. The predicted molar refractivity (Wildman–Crippen MR) is 207 cm³/mol. The molecule has 0 radical (unpaired) electrons. The van der Waals surface area contributed by atoms with Gasteiger partial charge in [-0.3, -0.25) is 4.90 Å². The Morgan fingerprint density at radius 1 is 0.792 bits per heavy atom. The molecular formula is C41H59NO4Si2. The summed E-state index contributed by atoms with van der Waals surface area (Å²) in [5.74, 6) is -0.345. The van der Waals surface area contributed by atoms with Crippen molar-refractivity contribution in [2.24, 2.45) is 0 Å². The molecule has 7 heteroatoms. The maximum atomic E-state index is 12.7. The van der Waals surface area contributed by atoms with Crippen molar-refractivity contribution < 1.29 is 18.4 Å². The van der Waals surface area contributed by atoms with Crippen LogP contribution >= 0.6 is 0 Å². The molecular weight excluding hydrogens is 627 g/mol. The molecule has 1 unspecified atom stereocenters. The Labute approximate surface area is 293 Å². The van der Waals surface area contributed by atoms with Crippen molar-refractivity contribution in [2.75, 3.05) is 26.4 Å². The van der Waals surface area contributed by atoms with Crippen molar-refractivity contribution in [1.82, 2.24) is 4.90 Å². The Morgan fingerprint density at radius 2 is 1.31 bits per heavy atom. The molecule has 0 spiro atoms. The third-order valence-corrected chi connectivity index (χ3v) is 19.0. The van der Waals surface area contributed by atoms with Crippen molar-refractivity contribution in [1.29, 1.82) is 0 Å². The summed E-state index contributed by atoms with van der Waals surface area (Å²) < 4.78 is 19.3. The topological polar surface area (TPSA) is 48.0 Å². The minimum atomic E-state index is -2.83. The summed E-state index contributed by atoms with van der Waals surface area (Å²) in [4.78, 5) is 15.1. The molecule has 0 saturated heterocycles. The Balaban J connectivity index is 2.06. The highest BCUT2D eigenvalue weighted by atomic mass is 28.4. The maximum absolute atomic E-state index is 12.7. The van der Waals surface area contributed by atoms with Crippen LogP contribution in [0.1, 0.15) is 61.0 Å². The van der Waals surface area contributed by atoms with Crippen LogP contribution in [0.25, 0.3) is 0 Å². The SMILES string of the molecule is CCOC(=O)/C=C/C(CO[Si](c1ccccc1)(c1ccccc1)C(C)(C)C)N(C/C=C(\C)CO[Si](C)(C)C(C)(C)C)Cc1ccccc1. The third kappa shape index (κ3) is 10.7. The first-order valence-corrected chi connectivity index (χ1v) is 22.1. The van der Waals surface area contributed by atoms with Gasteiger partial charge in [0.2, 0.25) is 0 Å². The highest BCUT2D eigenvalue weighted by Gasteiger charge is 2.50. The van der Waals surface area contributed by atoms with Gasteiger partial charge in [-0.25, -0.2) is 4.79 Å². The average molecular weight is 686 g/mol. The Morgan fingerprint density at radius 3 is 1.79 bits per heavy atom. The maximum Gasteiger partial charge on any atom is 0.330 e. The molecule has 1 atom stereocenters. The predicted octanol–water partition coefficient (Wildman–Crippen LogP) is 8.52. The summed E-state index contributed by atoms with van der Waals surface area (Å²) in [7, 11) is -4.71. The smallest absolute Gasteiger partial charge is 0.330 e. The lowest BCUT2D eigenvalue weighted by molar-refractivity contribution is -0.137. The molecule has 0 saturated carbocycles. The zero-order chi connectivity index (χ0) is 35.4. The van der Waals surface area contributed by atoms with Crippen LogP contribution < -0.4 is 10.4 Å². The van der Waals surface area contributed by atoms with E-state index in [2.05, 4.69) is 157 Å². The number of benzene rings is 3. The molecule has 0 bridgehead atoms. The number of ether oxygens (including phenoxy) is 1. The molecule has 48 heavy (non-hydrogen) atoms. The van der Waals surface area contributed by atoms with Crippen LogP contribution in [0.4, 0.5) is 0 Å². The third-order valence-electron chi connectivity index (χ3n) is 9.47. The fraction of sp³-hybridized carbons (Fsp3) is 0.439. The lowest BCUT2D eigenvalue weighted by Gasteiger charge is -2.44. The van der Waals surface area contributed by atoms with Crippen molar-refractivity contribution in [2.45, 2.75) is 91.1 Å². The van der Waals surface area contributed by atoms with Gasteiger partial charge < -0.3 is 13.6 Å². The largest absolute Gasteiger partial charge is 0.463 e. The van der Waals surface area contributed by atoms with E-state index in [1.807, 2.05) is 19.1 Å². The average Bonchev–Trinajstić information content (AvgIpc) is 3.04. The van der Waals surface area contributed by atoms with E-state index in [1.54, 1.807) is 6.08 Å². The number of hydrogen-bond acceptors (Lipinski definition) is 5. The summed E-state index contributed by atoms with van der Waals surface area (Å²) in [5, 5.41) is 2.43. The summed E-state index contributed by atoms with van der Waals surface area (Å²) in [6.07, 6.45) is 5.80. The summed E-state index contributed by atoms with van der Waals surface area (Å²) in [6.45, 7) is 24.9. The van der Waals surface area contributed by atoms with E-state index in [0.29, 0.717) is 32.9 Å². The quantitative estimate of drug-likeness (QED) is 0.0655. The minimum Gasteiger partial charge on any atom is -0.463 e. The van der Waals surface area contributed by atoms with Gasteiger partial charge in [0.05, 0.1) is 25.9 Å². The van der Waals surface area contributed by atoms with E-state index in [4.69, 9.17) is 13.6 Å². The molecule has 0 N–H and O–H groups in total. The van der Waals surface area contributed by atoms with E-state index in [-0.39, 0.29) is 22.1 Å². The fourth-order valence-corrected chi connectivity index (χ4v) is 11.2. The van der Waals surface area contributed by atoms with Gasteiger partial charge in [-0.05, 0) is 53.0 Å². The number of carbonyl (C=O) groups is 1. The molecule has 3 rings (SSSR count). The second kappa shape index (κ2) is 17.5. The Bertz CT molecular complexity index is 1420. The second-order valence-corrected chi connectivity index (χ2v) is 24.3. The lowest BCUT2D eigenvalue weighted by Crippen LogP contribution is -2.67. The Kier molecular flexibility index (Phi) is 14.4. The summed E-state index contributed by atoms with van der Waals surface area (Å²) >= 11 is 0. The lowest BCUT2D eigenvalue weighted by atomic mass is 10.1. The van der Waals surface area contributed by atoms with Crippen molar-refractivity contribution in [3.05, 3.63) is 120 Å². The molecule has 0 fully saturated rings. The van der Waals surface area contributed by atoms with Crippen LogP contribution in [-0.2, 0) is 24.9 Å².